The highest BCUT2D eigenvalue weighted by molar-refractivity contribution is 4.83. The summed E-state index contributed by atoms with van der Waals surface area (Å²) in [6, 6.07) is 0. The molecule has 92 valence electrons. The monoisotopic (exact) mass is 215 g/mol. The first-order chi connectivity index (χ1) is 7.40. The second-order valence-electron chi connectivity index (χ2n) is 3.74. The molecule has 0 spiro atoms. The van der Waals surface area contributed by atoms with Crippen molar-refractivity contribution in [1.82, 2.24) is 4.90 Å². The Labute approximate surface area is 96.0 Å². The van der Waals surface area contributed by atoms with E-state index in [1.807, 2.05) is 27.7 Å². The van der Waals surface area contributed by atoms with Crippen molar-refractivity contribution in [2.75, 3.05) is 32.8 Å². The standard InChI is InChI=1S/C9H17NO.2C2H6/c1-2-10-4-3-8-6-11-7-9(8)5-10;2*1-2/h8-9H,2-7H2,1H3;2*1-2H3. The molecule has 0 N–H and O–H groups in total. The van der Waals surface area contributed by atoms with Gasteiger partial charge in [-0.2, -0.15) is 0 Å². The van der Waals surface area contributed by atoms with E-state index in [4.69, 9.17) is 4.74 Å². The average molecular weight is 215 g/mol. The lowest BCUT2D eigenvalue weighted by Gasteiger charge is -2.32. The molecule has 0 saturated carbocycles. The van der Waals surface area contributed by atoms with Gasteiger partial charge in [-0.3, -0.25) is 0 Å². The van der Waals surface area contributed by atoms with Crippen LogP contribution in [0.5, 0.6) is 0 Å². The van der Waals surface area contributed by atoms with Crippen molar-refractivity contribution in [3.05, 3.63) is 0 Å². The van der Waals surface area contributed by atoms with Crippen LogP contribution in [0, 0.1) is 11.8 Å². The van der Waals surface area contributed by atoms with Crippen LogP contribution in [-0.2, 0) is 4.74 Å². The number of piperidine rings is 1. The highest BCUT2D eigenvalue weighted by atomic mass is 16.5. The smallest absolute Gasteiger partial charge is 0.0510 e. The summed E-state index contributed by atoms with van der Waals surface area (Å²) in [5.74, 6) is 1.74. The van der Waals surface area contributed by atoms with Crippen molar-refractivity contribution in [2.24, 2.45) is 11.8 Å². The van der Waals surface area contributed by atoms with Gasteiger partial charge in [-0.1, -0.05) is 34.6 Å². The SMILES string of the molecule is CC.CC.CCN1CCC2COCC2C1. The van der Waals surface area contributed by atoms with Crippen LogP contribution in [-0.4, -0.2) is 37.7 Å². The van der Waals surface area contributed by atoms with Gasteiger partial charge in [0.15, 0.2) is 0 Å². The summed E-state index contributed by atoms with van der Waals surface area (Å²) in [5.41, 5.74) is 0. The van der Waals surface area contributed by atoms with Gasteiger partial charge < -0.3 is 9.64 Å². The Hall–Kier alpha value is -0.0800. The number of fused-ring (bicyclic) bond motifs is 1. The zero-order valence-electron chi connectivity index (χ0n) is 11.3. The Kier molecular flexibility index (Phi) is 9.12. The Morgan fingerprint density at radius 2 is 1.67 bits per heavy atom. The third kappa shape index (κ3) is 4.52. The van der Waals surface area contributed by atoms with Crippen LogP contribution >= 0.6 is 0 Å². The number of rotatable bonds is 1. The second kappa shape index (κ2) is 9.17. The van der Waals surface area contributed by atoms with Gasteiger partial charge in [-0.15, -0.1) is 0 Å². The molecular weight excluding hydrogens is 186 g/mol. The molecule has 0 amide bonds. The van der Waals surface area contributed by atoms with Gasteiger partial charge >= 0.3 is 0 Å². The molecule has 2 saturated heterocycles. The fraction of sp³-hybridized carbons (Fsp3) is 1.00. The predicted octanol–water partition coefficient (Wildman–Crippen LogP) is 3.03. The Morgan fingerprint density at radius 3 is 2.27 bits per heavy atom. The molecule has 2 rings (SSSR count). The van der Waals surface area contributed by atoms with Crippen molar-refractivity contribution in [3.63, 3.8) is 0 Å². The molecule has 2 aliphatic rings. The zero-order chi connectivity index (χ0) is 11.7. The maximum atomic E-state index is 5.46. The topological polar surface area (TPSA) is 12.5 Å². The molecule has 0 radical (unpaired) electrons. The normalized spacial score (nSPS) is 29.4. The van der Waals surface area contributed by atoms with Gasteiger partial charge in [-0.05, 0) is 25.4 Å². The summed E-state index contributed by atoms with van der Waals surface area (Å²) in [7, 11) is 0. The Morgan fingerprint density at radius 1 is 1.07 bits per heavy atom. The second-order valence-corrected chi connectivity index (χ2v) is 3.74. The number of hydrogen-bond acceptors (Lipinski definition) is 2. The van der Waals surface area contributed by atoms with E-state index in [-0.39, 0.29) is 0 Å². The van der Waals surface area contributed by atoms with E-state index >= 15 is 0 Å². The van der Waals surface area contributed by atoms with Crippen molar-refractivity contribution in [2.45, 2.75) is 41.0 Å². The van der Waals surface area contributed by atoms with Crippen LogP contribution in [0.4, 0.5) is 0 Å². The molecule has 2 atom stereocenters. The van der Waals surface area contributed by atoms with Crippen molar-refractivity contribution >= 4 is 0 Å². The van der Waals surface area contributed by atoms with Crippen LogP contribution in [0.1, 0.15) is 41.0 Å². The average Bonchev–Trinajstić information content (AvgIpc) is 2.81. The van der Waals surface area contributed by atoms with Gasteiger partial charge in [0.1, 0.15) is 0 Å². The van der Waals surface area contributed by atoms with E-state index in [1.165, 1.54) is 26.1 Å². The third-order valence-corrected chi connectivity index (χ3v) is 3.09. The maximum Gasteiger partial charge on any atom is 0.0510 e. The molecular formula is C13H29NO. The minimum Gasteiger partial charge on any atom is -0.381 e. The lowest BCUT2D eigenvalue weighted by molar-refractivity contribution is 0.153. The quantitative estimate of drug-likeness (QED) is 0.666. The number of nitrogens with zero attached hydrogens (tertiary/aromatic N) is 1. The van der Waals surface area contributed by atoms with Crippen molar-refractivity contribution in [3.8, 4) is 0 Å². The number of hydrogen-bond donors (Lipinski definition) is 0. The summed E-state index contributed by atoms with van der Waals surface area (Å²) >= 11 is 0. The molecule has 0 aromatic carbocycles. The fourth-order valence-corrected chi connectivity index (χ4v) is 2.22. The van der Waals surface area contributed by atoms with Crippen LogP contribution in [0.15, 0.2) is 0 Å². The van der Waals surface area contributed by atoms with Crippen molar-refractivity contribution < 1.29 is 4.74 Å². The first-order valence-electron chi connectivity index (χ1n) is 6.70. The lowest BCUT2D eigenvalue weighted by atomic mass is 9.89. The fourth-order valence-electron chi connectivity index (χ4n) is 2.22. The highest BCUT2D eigenvalue weighted by Crippen LogP contribution is 2.28. The molecule has 15 heavy (non-hydrogen) atoms. The molecule has 0 aliphatic carbocycles. The molecule has 2 heteroatoms. The van der Waals surface area contributed by atoms with E-state index < -0.39 is 0 Å². The summed E-state index contributed by atoms with van der Waals surface area (Å²) in [6.45, 7) is 16.1. The summed E-state index contributed by atoms with van der Waals surface area (Å²) < 4.78 is 5.46. The summed E-state index contributed by atoms with van der Waals surface area (Å²) in [6.07, 6.45) is 1.36. The van der Waals surface area contributed by atoms with E-state index in [1.54, 1.807) is 0 Å². The highest BCUT2D eigenvalue weighted by Gasteiger charge is 2.32. The summed E-state index contributed by atoms with van der Waals surface area (Å²) in [5, 5.41) is 0. The van der Waals surface area contributed by atoms with Gasteiger partial charge in [0.05, 0.1) is 6.61 Å². The molecule has 2 fully saturated rings. The molecule has 2 nitrogen and oxygen atoms in total. The molecule has 2 unspecified atom stereocenters. The number of likely N-dealkylation sites (tertiary alicyclic amines) is 1. The predicted molar refractivity (Wildman–Crippen MR) is 67.2 cm³/mol. The van der Waals surface area contributed by atoms with Crippen LogP contribution < -0.4 is 0 Å². The lowest BCUT2D eigenvalue weighted by Crippen LogP contribution is -2.39. The van der Waals surface area contributed by atoms with E-state index in [0.29, 0.717) is 0 Å². The van der Waals surface area contributed by atoms with Gasteiger partial charge in [-0.25, -0.2) is 0 Å². The number of ether oxygens (including phenoxy) is 1. The summed E-state index contributed by atoms with van der Waals surface area (Å²) in [4.78, 5) is 2.54. The largest absolute Gasteiger partial charge is 0.381 e. The van der Waals surface area contributed by atoms with Crippen LogP contribution in [0.2, 0.25) is 0 Å². The van der Waals surface area contributed by atoms with Crippen LogP contribution in [0.25, 0.3) is 0 Å². The molecule has 2 aliphatic heterocycles. The first-order valence-corrected chi connectivity index (χ1v) is 6.70. The Bertz CT molecular complexity index is 138. The maximum absolute atomic E-state index is 5.46. The minimum absolute atomic E-state index is 0.851. The van der Waals surface area contributed by atoms with Gasteiger partial charge in [0.2, 0.25) is 0 Å². The van der Waals surface area contributed by atoms with E-state index in [9.17, 15) is 0 Å². The molecule has 0 bridgehead atoms. The van der Waals surface area contributed by atoms with Gasteiger partial charge in [0, 0.05) is 19.1 Å². The molecule has 0 aromatic rings. The molecule has 0 aromatic heterocycles. The minimum atomic E-state index is 0.851. The van der Waals surface area contributed by atoms with E-state index in [0.717, 1.165) is 25.0 Å². The van der Waals surface area contributed by atoms with Gasteiger partial charge in [0.25, 0.3) is 0 Å². The Balaban J connectivity index is 0.000000442. The van der Waals surface area contributed by atoms with Crippen LogP contribution in [0.3, 0.4) is 0 Å². The van der Waals surface area contributed by atoms with Crippen molar-refractivity contribution in [1.29, 1.82) is 0 Å². The van der Waals surface area contributed by atoms with E-state index in [2.05, 4.69) is 11.8 Å². The first kappa shape index (κ1) is 14.9. The molecule has 2 heterocycles. The third-order valence-electron chi connectivity index (χ3n) is 3.09. The zero-order valence-corrected chi connectivity index (χ0v) is 11.3.